The molecule has 0 aromatic heterocycles. The van der Waals surface area contributed by atoms with Gasteiger partial charge in [-0.05, 0) is 18.2 Å². The van der Waals surface area contributed by atoms with Crippen molar-refractivity contribution >= 4 is 37.6 Å². The van der Waals surface area contributed by atoms with E-state index >= 15 is 0 Å². The van der Waals surface area contributed by atoms with Crippen LogP contribution in [-0.2, 0) is 10.0 Å². The molecule has 0 spiro atoms. The highest BCUT2D eigenvalue weighted by Crippen LogP contribution is 2.22. The molecular formula is C10H8BrClN2O2S. The first-order valence-corrected chi connectivity index (χ1v) is 7.05. The van der Waals surface area contributed by atoms with Crippen molar-refractivity contribution in [3.05, 3.63) is 39.8 Å². The summed E-state index contributed by atoms with van der Waals surface area (Å²) in [5.74, 6) is 0. The molecule has 0 fully saturated rings. The van der Waals surface area contributed by atoms with E-state index < -0.39 is 10.0 Å². The van der Waals surface area contributed by atoms with Gasteiger partial charge in [-0.3, -0.25) is 0 Å². The van der Waals surface area contributed by atoms with E-state index in [1.165, 1.54) is 18.2 Å². The number of sulfonamides is 1. The smallest absolute Gasteiger partial charge is 0.207 e. The largest absolute Gasteiger partial charge is 0.242 e. The quantitative estimate of drug-likeness (QED) is 0.918. The van der Waals surface area contributed by atoms with E-state index in [0.717, 1.165) is 0 Å². The zero-order chi connectivity index (χ0) is 13.1. The second kappa shape index (κ2) is 5.65. The highest BCUT2D eigenvalue weighted by atomic mass is 79.9. The van der Waals surface area contributed by atoms with Gasteiger partial charge in [0.1, 0.15) is 4.90 Å². The fraction of sp³-hybridized carbons (Fsp3) is 0.100. The van der Waals surface area contributed by atoms with Crippen LogP contribution in [-0.4, -0.2) is 15.0 Å². The van der Waals surface area contributed by atoms with Crippen LogP contribution in [0.5, 0.6) is 0 Å². The first kappa shape index (κ1) is 14.2. The van der Waals surface area contributed by atoms with Gasteiger partial charge in [-0.2, -0.15) is 5.26 Å². The van der Waals surface area contributed by atoms with Gasteiger partial charge in [0.15, 0.2) is 0 Å². The Hall–Kier alpha value is -0.870. The zero-order valence-electron chi connectivity index (χ0n) is 8.57. The van der Waals surface area contributed by atoms with E-state index in [-0.39, 0.29) is 16.5 Å². The van der Waals surface area contributed by atoms with Crippen LogP contribution in [0, 0.1) is 11.3 Å². The van der Waals surface area contributed by atoms with Crippen molar-refractivity contribution in [2.24, 2.45) is 0 Å². The van der Waals surface area contributed by atoms with Crippen molar-refractivity contribution in [2.45, 2.75) is 4.90 Å². The van der Waals surface area contributed by atoms with Crippen LogP contribution in [0.3, 0.4) is 0 Å². The van der Waals surface area contributed by atoms with E-state index in [2.05, 4.69) is 27.2 Å². The van der Waals surface area contributed by atoms with Gasteiger partial charge < -0.3 is 0 Å². The van der Waals surface area contributed by atoms with Crippen LogP contribution in [0.2, 0.25) is 5.02 Å². The first-order valence-electron chi connectivity index (χ1n) is 4.39. The average molecular weight is 336 g/mol. The lowest BCUT2D eigenvalue weighted by molar-refractivity contribution is 0.585. The molecule has 0 aliphatic rings. The summed E-state index contributed by atoms with van der Waals surface area (Å²) in [5, 5.41) is 8.65. The topological polar surface area (TPSA) is 70.0 Å². The van der Waals surface area contributed by atoms with Crippen LogP contribution >= 0.6 is 27.5 Å². The predicted octanol–water partition coefficient (Wildman–Crippen LogP) is 2.40. The second-order valence-electron chi connectivity index (χ2n) is 3.10. The maximum absolute atomic E-state index is 11.8. The normalized spacial score (nSPS) is 10.9. The lowest BCUT2D eigenvalue weighted by atomic mass is 10.2. The molecule has 1 rings (SSSR count). The maximum atomic E-state index is 11.8. The SMILES string of the molecule is C=C(Br)CNS(=O)(=O)c1ccc(C#N)cc1Cl. The van der Waals surface area contributed by atoms with E-state index in [4.69, 9.17) is 16.9 Å². The Morgan fingerprint density at radius 1 is 1.59 bits per heavy atom. The van der Waals surface area contributed by atoms with Crippen LogP contribution in [0.4, 0.5) is 0 Å². The van der Waals surface area contributed by atoms with Crippen molar-refractivity contribution in [1.29, 1.82) is 5.26 Å². The monoisotopic (exact) mass is 334 g/mol. The summed E-state index contributed by atoms with van der Waals surface area (Å²) < 4.78 is 26.5. The van der Waals surface area contributed by atoms with Gasteiger partial charge >= 0.3 is 0 Å². The Bertz CT molecular complexity index is 593. The van der Waals surface area contributed by atoms with Crippen LogP contribution in [0.1, 0.15) is 5.56 Å². The van der Waals surface area contributed by atoms with Gasteiger partial charge in [0.05, 0.1) is 16.7 Å². The molecule has 0 aliphatic heterocycles. The standard InChI is InChI=1S/C10H8BrClN2O2S/c1-7(11)6-14-17(15,16)10-3-2-8(5-13)4-9(10)12/h2-4,14H,1,6H2. The number of nitriles is 1. The van der Waals surface area contributed by atoms with Gasteiger partial charge in [-0.1, -0.05) is 34.1 Å². The maximum Gasteiger partial charge on any atom is 0.242 e. The summed E-state index contributed by atoms with van der Waals surface area (Å²) in [6, 6.07) is 5.86. The molecule has 0 bridgehead atoms. The third-order valence-corrected chi connectivity index (χ3v) is 3.97. The minimum Gasteiger partial charge on any atom is -0.207 e. The van der Waals surface area contributed by atoms with Gasteiger partial charge in [0, 0.05) is 11.0 Å². The molecule has 1 N–H and O–H groups in total. The molecule has 1 aromatic rings. The van der Waals surface area contributed by atoms with Crippen LogP contribution in [0.25, 0.3) is 0 Å². The van der Waals surface area contributed by atoms with Gasteiger partial charge in [-0.15, -0.1) is 0 Å². The number of nitrogens with one attached hydrogen (secondary N) is 1. The molecule has 0 unspecified atom stereocenters. The third kappa shape index (κ3) is 3.82. The fourth-order valence-electron chi connectivity index (χ4n) is 1.04. The molecular weight excluding hydrogens is 328 g/mol. The molecule has 0 radical (unpaired) electrons. The van der Waals surface area contributed by atoms with E-state index in [1.807, 2.05) is 6.07 Å². The molecule has 0 aliphatic carbocycles. The van der Waals surface area contributed by atoms with Gasteiger partial charge in [0.2, 0.25) is 10.0 Å². The second-order valence-corrected chi connectivity index (χ2v) is 6.36. The molecule has 0 amide bonds. The molecule has 4 nitrogen and oxygen atoms in total. The van der Waals surface area contributed by atoms with E-state index in [9.17, 15) is 8.42 Å². The van der Waals surface area contributed by atoms with E-state index in [0.29, 0.717) is 10.0 Å². The average Bonchev–Trinajstić information content (AvgIpc) is 2.26. The molecule has 0 saturated heterocycles. The van der Waals surface area contributed by atoms with Crippen molar-refractivity contribution in [3.63, 3.8) is 0 Å². The summed E-state index contributed by atoms with van der Waals surface area (Å²) in [6.07, 6.45) is 0. The van der Waals surface area contributed by atoms with Gasteiger partial charge in [0.25, 0.3) is 0 Å². The van der Waals surface area contributed by atoms with Gasteiger partial charge in [-0.25, -0.2) is 13.1 Å². The molecule has 17 heavy (non-hydrogen) atoms. The number of benzene rings is 1. The van der Waals surface area contributed by atoms with Crippen molar-refractivity contribution < 1.29 is 8.42 Å². The number of hydrogen-bond acceptors (Lipinski definition) is 3. The van der Waals surface area contributed by atoms with Crippen LogP contribution < -0.4 is 4.72 Å². The molecule has 1 aromatic carbocycles. The number of nitrogens with zero attached hydrogens (tertiary/aromatic N) is 1. The minimum atomic E-state index is -3.69. The van der Waals surface area contributed by atoms with Crippen LogP contribution in [0.15, 0.2) is 34.2 Å². The Morgan fingerprint density at radius 3 is 2.71 bits per heavy atom. The Kier molecular flexibility index (Phi) is 4.71. The summed E-state index contributed by atoms with van der Waals surface area (Å²) in [6.45, 7) is 3.58. The summed E-state index contributed by atoms with van der Waals surface area (Å²) in [7, 11) is -3.69. The predicted molar refractivity (Wildman–Crippen MR) is 69.4 cm³/mol. The molecule has 0 atom stereocenters. The number of hydrogen-bond donors (Lipinski definition) is 1. The summed E-state index contributed by atoms with van der Waals surface area (Å²) >= 11 is 8.85. The Balaban J connectivity index is 3.08. The van der Waals surface area contributed by atoms with Crippen molar-refractivity contribution in [2.75, 3.05) is 6.54 Å². The molecule has 0 heterocycles. The zero-order valence-corrected chi connectivity index (χ0v) is 11.7. The molecule has 90 valence electrons. The lowest BCUT2D eigenvalue weighted by Gasteiger charge is -2.07. The molecule has 0 saturated carbocycles. The lowest BCUT2D eigenvalue weighted by Crippen LogP contribution is -2.25. The molecule has 7 heteroatoms. The first-order chi connectivity index (χ1) is 7.86. The minimum absolute atomic E-state index is 0.0109. The van der Waals surface area contributed by atoms with Crippen molar-refractivity contribution in [1.82, 2.24) is 4.72 Å². The summed E-state index contributed by atoms with van der Waals surface area (Å²) in [4.78, 5) is -0.0630. The number of rotatable bonds is 4. The Morgan fingerprint density at radius 2 is 2.24 bits per heavy atom. The van der Waals surface area contributed by atoms with E-state index in [1.54, 1.807) is 0 Å². The highest BCUT2D eigenvalue weighted by molar-refractivity contribution is 9.11. The summed E-state index contributed by atoms with van der Waals surface area (Å²) in [5.41, 5.74) is 0.304. The Labute approximate surface area is 113 Å². The van der Waals surface area contributed by atoms with Crippen molar-refractivity contribution in [3.8, 4) is 6.07 Å². The number of halogens is 2. The fourth-order valence-corrected chi connectivity index (χ4v) is 2.93. The highest BCUT2D eigenvalue weighted by Gasteiger charge is 2.17. The third-order valence-electron chi connectivity index (χ3n) is 1.80.